The summed E-state index contributed by atoms with van der Waals surface area (Å²) in [5.74, 6) is -1.38. The molecule has 2 aromatic carbocycles. The van der Waals surface area contributed by atoms with E-state index in [4.69, 9.17) is 4.42 Å². The Morgan fingerprint density at radius 3 is 2.61 bits per heavy atom. The molecule has 1 N–H and O–H groups in total. The minimum absolute atomic E-state index is 0.0903. The number of rotatable bonds is 6. The molecule has 0 bridgehead atoms. The standard InChI is InChI=1S/C20H16FN5O4S/c1-13-23-24-25-26(13)14-7-9-17(21)18(11-14)22-20(27)19-10-8-15(30-19)12-31(28,29)16-5-3-2-4-6-16/h2-11H,12H2,1H3,(H,22,27). The van der Waals surface area contributed by atoms with Crippen LogP contribution in [0.3, 0.4) is 0 Å². The smallest absolute Gasteiger partial charge is 0.291 e. The van der Waals surface area contributed by atoms with E-state index in [1.807, 2.05) is 0 Å². The monoisotopic (exact) mass is 441 g/mol. The van der Waals surface area contributed by atoms with Crippen molar-refractivity contribution in [3.05, 3.63) is 83.8 Å². The predicted octanol–water partition coefficient (Wildman–Crippen LogP) is 2.93. The molecule has 0 saturated carbocycles. The van der Waals surface area contributed by atoms with Crippen LogP contribution in [0.5, 0.6) is 0 Å². The van der Waals surface area contributed by atoms with Gasteiger partial charge in [-0.1, -0.05) is 18.2 Å². The summed E-state index contributed by atoms with van der Waals surface area (Å²) in [5.41, 5.74) is 0.348. The zero-order valence-corrected chi connectivity index (χ0v) is 17.0. The van der Waals surface area contributed by atoms with Crippen molar-refractivity contribution < 1.29 is 22.0 Å². The Kier molecular flexibility index (Phi) is 5.34. The van der Waals surface area contributed by atoms with Gasteiger partial charge < -0.3 is 9.73 Å². The topological polar surface area (TPSA) is 120 Å². The predicted molar refractivity (Wildman–Crippen MR) is 108 cm³/mol. The van der Waals surface area contributed by atoms with Crippen LogP contribution in [0.1, 0.15) is 22.1 Å². The minimum Gasteiger partial charge on any atom is -0.455 e. The Labute approximate surface area is 176 Å². The third-order valence-corrected chi connectivity index (χ3v) is 6.04. The maximum absolute atomic E-state index is 14.2. The van der Waals surface area contributed by atoms with Gasteiger partial charge in [-0.3, -0.25) is 4.79 Å². The third-order valence-electron chi connectivity index (χ3n) is 4.39. The molecule has 0 fully saturated rings. The number of aromatic nitrogens is 4. The highest BCUT2D eigenvalue weighted by Gasteiger charge is 2.20. The molecule has 0 aliphatic carbocycles. The Morgan fingerprint density at radius 1 is 1.13 bits per heavy atom. The number of nitrogens with zero attached hydrogens (tertiary/aromatic N) is 4. The summed E-state index contributed by atoms with van der Waals surface area (Å²) in [6, 6.07) is 14.7. The summed E-state index contributed by atoms with van der Waals surface area (Å²) >= 11 is 0. The van der Waals surface area contributed by atoms with Gasteiger partial charge in [0.1, 0.15) is 17.3 Å². The largest absolute Gasteiger partial charge is 0.455 e. The van der Waals surface area contributed by atoms with E-state index in [2.05, 4.69) is 20.8 Å². The third kappa shape index (κ3) is 4.36. The molecule has 0 unspecified atom stereocenters. The molecule has 0 radical (unpaired) electrons. The number of hydrogen-bond acceptors (Lipinski definition) is 7. The number of sulfone groups is 1. The van der Waals surface area contributed by atoms with Crippen LogP contribution in [0.25, 0.3) is 5.69 Å². The summed E-state index contributed by atoms with van der Waals surface area (Å²) in [5, 5.41) is 13.5. The molecule has 2 heterocycles. The summed E-state index contributed by atoms with van der Waals surface area (Å²) < 4.78 is 45.9. The van der Waals surface area contributed by atoms with Crippen LogP contribution in [0, 0.1) is 12.7 Å². The van der Waals surface area contributed by atoms with Crippen LogP contribution < -0.4 is 5.32 Å². The SMILES string of the molecule is Cc1nnnn1-c1ccc(F)c(NC(=O)c2ccc(CS(=O)(=O)c3ccccc3)o2)c1. The molecule has 1 amide bonds. The second kappa shape index (κ2) is 8.11. The zero-order chi connectivity index (χ0) is 22.0. The number of hydrogen-bond donors (Lipinski definition) is 1. The van der Waals surface area contributed by atoms with Gasteiger partial charge in [-0.15, -0.1) is 5.10 Å². The highest BCUT2D eigenvalue weighted by molar-refractivity contribution is 7.90. The van der Waals surface area contributed by atoms with Crippen LogP contribution in [-0.4, -0.2) is 34.5 Å². The number of tetrazole rings is 1. The van der Waals surface area contributed by atoms with Crippen molar-refractivity contribution in [1.29, 1.82) is 0 Å². The molecular formula is C20H16FN5O4S. The molecule has 0 spiro atoms. The average Bonchev–Trinajstić information content (AvgIpc) is 3.39. The van der Waals surface area contributed by atoms with Crippen LogP contribution in [0.15, 0.2) is 70.0 Å². The maximum Gasteiger partial charge on any atom is 0.291 e. The summed E-state index contributed by atoms with van der Waals surface area (Å²) in [6.45, 7) is 1.68. The minimum atomic E-state index is -3.63. The number of aryl methyl sites for hydroxylation is 1. The van der Waals surface area contributed by atoms with E-state index in [-0.39, 0.29) is 22.1 Å². The Balaban J connectivity index is 1.52. The van der Waals surface area contributed by atoms with Crippen LogP contribution >= 0.6 is 0 Å². The van der Waals surface area contributed by atoms with Crippen LogP contribution in [0.4, 0.5) is 10.1 Å². The van der Waals surface area contributed by atoms with Crippen molar-refractivity contribution in [2.45, 2.75) is 17.6 Å². The molecule has 11 heteroatoms. The van der Waals surface area contributed by atoms with E-state index in [9.17, 15) is 17.6 Å². The van der Waals surface area contributed by atoms with E-state index in [1.54, 1.807) is 25.1 Å². The Morgan fingerprint density at radius 2 is 1.90 bits per heavy atom. The molecular weight excluding hydrogens is 425 g/mol. The number of benzene rings is 2. The number of carbonyl (C=O) groups is 1. The second-order valence-corrected chi connectivity index (χ2v) is 8.58. The number of anilines is 1. The zero-order valence-electron chi connectivity index (χ0n) is 16.2. The molecule has 0 aliphatic rings. The van der Waals surface area contributed by atoms with Crippen molar-refractivity contribution in [1.82, 2.24) is 20.2 Å². The summed E-state index contributed by atoms with van der Waals surface area (Å²) in [4.78, 5) is 12.7. The second-order valence-electron chi connectivity index (χ2n) is 6.59. The fourth-order valence-corrected chi connectivity index (χ4v) is 4.14. The number of amides is 1. The van der Waals surface area contributed by atoms with Gasteiger partial charge in [0.05, 0.1) is 16.3 Å². The van der Waals surface area contributed by atoms with Gasteiger partial charge in [0.25, 0.3) is 5.91 Å². The summed E-state index contributed by atoms with van der Waals surface area (Å²) in [7, 11) is -3.63. The first-order valence-electron chi connectivity index (χ1n) is 9.06. The molecule has 0 saturated heterocycles. The van der Waals surface area contributed by atoms with Crippen LogP contribution in [0.2, 0.25) is 0 Å². The van der Waals surface area contributed by atoms with Gasteiger partial charge in [-0.2, -0.15) is 4.68 Å². The van der Waals surface area contributed by atoms with E-state index in [0.717, 1.165) is 0 Å². The van der Waals surface area contributed by atoms with Crippen molar-refractivity contribution in [2.75, 3.05) is 5.32 Å². The Hall–Kier alpha value is -3.86. The van der Waals surface area contributed by atoms with Gasteiger partial charge >= 0.3 is 0 Å². The first-order chi connectivity index (χ1) is 14.8. The van der Waals surface area contributed by atoms with E-state index < -0.39 is 27.3 Å². The van der Waals surface area contributed by atoms with Crippen molar-refractivity contribution in [3.8, 4) is 5.69 Å². The van der Waals surface area contributed by atoms with Crippen molar-refractivity contribution in [3.63, 3.8) is 0 Å². The van der Waals surface area contributed by atoms with Crippen molar-refractivity contribution >= 4 is 21.4 Å². The molecule has 0 aliphatic heterocycles. The lowest BCUT2D eigenvalue weighted by molar-refractivity contribution is 0.0994. The van der Waals surface area contributed by atoms with E-state index >= 15 is 0 Å². The first-order valence-corrected chi connectivity index (χ1v) is 10.7. The number of carbonyl (C=O) groups excluding carboxylic acids is 1. The fraction of sp³-hybridized carbons (Fsp3) is 0.100. The number of halogens is 1. The average molecular weight is 441 g/mol. The highest BCUT2D eigenvalue weighted by atomic mass is 32.2. The lowest BCUT2D eigenvalue weighted by atomic mass is 10.2. The first kappa shape index (κ1) is 20.4. The van der Waals surface area contributed by atoms with Gasteiger partial charge in [0.15, 0.2) is 21.4 Å². The quantitative estimate of drug-likeness (QED) is 0.488. The maximum atomic E-state index is 14.2. The van der Waals surface area contributed by atoms with E-state index in [1.165, 1.54) is 47.1 Å². The summed E-state index contributed by atoms with van der Waals surface area (Å²) in [6.07, 6.45) is 0. The molecule has 4 rings (SSSR count). The molecule has 2 aromatic heterocycles. The lowest BCUT2D eigenvalue weighted by Crippen LogP contribution is -2.13. The molecule has 0 atom stereocenters. The molecule has 9 nitrogen and oxygen atoms in total. The number of nitrogens with one attached hydrogen (secondary N) is 1. The Bertz CT molecular complexity index is 1350. The van der Waals surface area contributed by atoms with Gasteiger partial charge in [-0.25, -0.2) is 12.8 Å². The fourth-order valence-electron chi connectivity index (χ4n) is 2.87. The van der Waals surface area contributed by atoms with Gasteiger partial charge in [-0.05, 0) is 59.8 Å². The van der Waals surface area contributed by atoms with Crippen molar-refractivity contribution in [2.24, 2.45) is 0 Å². The lowest BCUT2D eigenvalue weighted by Gasteiger charge is -2.08. The molecule has 4 aromatic rings. The number of furan rings is 1. The highest BCUT2D eigenvalue weighted by Crippen LogP contribution is 2.22. The van der Waals surface area contributed by atoms with E-state index in [0.29, 0.717) is 11.5 Å². The molecule has 31 heavy (non-hydrogen) atoms. The van der Waals surface area contributed by atoms with Gasteiger partial charge in [0.2, 0.25) is 0 Å². The normalized spacial score (nSPS) is 11.4. The van der Waals surface area contributed by atoms with Gasteiger partial charge in [0, 0.05) is 0 Å². The van der Waals surface area contributed by atoms with Crippen LogP contribution in [-0.2, 0) is 15.6 Å². The molecule has 158 valence electrons.